The summed E-state index contributed by atoms with van der Waals surface area (Å²) in [6.45, 7) is 14.3. The molecule has 0 spiro atoms. The van der Waals surface area contributed by atoms with Crippen LogP contribution in [-0.4, -0.2) is 13.1 Å². The summed E-state index contributed by atoms with van der Waals surface area (Å²) in [6.07, 6.45) is 4.42. The highest BCUT2D eigenvalue weighted by atomic mass is 16.5. The number of hydrogen-bond donors (Lipinski definition) is 0. The Bertz CT molecular complexity index is 1020. The first-order valence-electron chi connectivity index (χ1n) is 10.0. The summed E-state index contributed by atoms with van der Waals surface area (Å²) < 4.78 is 6.27. The van der Waals surface area contributed by atoms with E-state index in [1.165, 1.54) is 0 Å². The number of allylic oxidation sites excluding steroid dienone is 3. The van der Waals surface area contributed by atoms with Crippen molar-refractivity contribution in [3.63, 3.8) is 0 Å². The number of benzene rings is 1. The van der Waals surface area contributed by atoms with Crippen LogP contribution in [0.15, 0.2) is 39.6 Å². The van der Waals surface area contributed by atoms with Crippen molar-refractivity contribution in [2.75, 3.05) is 18.0 Å². The van der Waals surface area contributed by atoms with E-state index in [1.54, 1.807) is 0 Å². The molecule has 1 heterocycles. The van der Waals surface area contributed by atoms with Crippen LogP contribution in [-0.2, 0) is 6.42 Å². The van der Waals surface area contributed by atoms with Crippen molar-refractivity contribution in [1.29, 1.82) is 0 Å². The Morgan fingerprint density at radius 3 is 2.29 bits per heavy atom. The fourth-order valence-electron chi connectivity index (χ4n) is 3.59. The fourth-order valence-corrected chi connectivity index (χ4v) is 3.59. The van der Waals surface area contributed by atoms with Crippen LogP contribution in [0, 0.1) is 5.41 Å². The molecule has 0 N–H and O–H groups in total. The molecule has 1 aliphatic rings. The highest BCUT2D eigenvalue weighted by Gasteiger charge is 2.27. The molecule has 0 amide bonds. The van der Waals surface area contributed by atoms with Crippen LogP contribution in [0.3, 0.4) is 0 Å². The summed E-state index contributed by atoms with van der Waals surface area (Å²) in [6, 6.07) is 6.20. The first kappa shape index (κ1) is 20.1. The van der Waals surface area contributed by atoms with Gasteiger partial charge in [-0.15, -0.1) is 0 Å². The maximum Gasteiger partial charge on any atom is 0.233 e. The van der Waals surface area contributed by atoms with Crippen molar-refractivity contribution in [1.82, 2.24) is 0 Å². The number of anilines is 1. The zero-order chi connectivity index (χ0) is 20.6. The minimum Gasteiger partial charge on any atom is -0.460 e. The Kier molecular flexibility index (Phi) is 5.33. The molecule has 3 rings (SSSR count). The molecule has 2 aromatic rings. The van der Waals surface area contributed by atoms with Crippen molar-refractivity contribution in [3.8, 4) is 5.75 Å². The van der Waals surface area contributed by atoms with Crippen molar-refractivity contribution < 1.29 is 4.74 Å². The van der Waals surface area contributed by atoms with E-state index in [1.807, 2.05) is 25.1 Å². The molecule has 0 atom stereocenters. The molecule has 4 nitrogen and oxygen atoms in total. The highest BCUT2D eigenvalue weighted by Crippen LogP contribution is 2.41. The lowest BCUT2D eigenvalue weighted by Gasteiger charge is -2.30. The van der Waals surface area contributed by atoms with Gasteiger partial charge in [0, 0.05) is 46.9 Å². The van der Waals surface area contributed by atoms with Gasteiger partial charge in [-0.05, 0) is 50.1 Å². The third-order valence-electron chi connectivity index (χ3n) is 5.35. The molecule has 28 heavy (non-hydrogen) atoms. The first-order chi connectivity index (χ1) is 13.2. The fraction of sp³-hybridized carbons (Fsp3) is 0.417. The molecule has 0 bridgehead atoms. The van der Waals surface area contributed by atoms with Crippen LogP contribution in [0.2, 0.25) is 0 Å². The summed E-state index contributed by atoms with van der Waals surface area (Å²) in [5, 5.41) is 0. The average Bonchev–Trinajstić information content (AvgIpc) is 2.67. The zero-order valence-corrected chi connectivity index (χ0v) is 17.7. The Labute approximate surface area is 166 Å². The number of ether oxygens (including phenoxy) is 1. The van der Waals surface area contributed by atoms with Gasteiger partial charge in [-0.3, -0.25) is 9.59 Å². The SMILES string of the molecule is CCc1c(C=C2C=C(C(C)(C)C)Oc3cc(N(CC)CC)ccc32)c(=O)c1=O. The Morgan fingerprint density at radius 1 is 1.04 bits per heavy atom. The van der Waals surface area contributed by atoms with Crippen molar-refractivity contribution >= 4 is 17.3 Å². The second kappa shape index (κ2) is 7.42. The lowest BCUT2D eigenvalue weighted by Crippen LogP contribution is -2.38. The number of rotatable bonds is 5. The highest BCUT2D eigenvalue weighted by molar-refractivity contribution is 5.92. The van der Waals surface area contributed by atoms with Gasteiger partial charge in [0.1, 0.15) is 11.5 Å². The Morgan fingerprint density at radius 2 is 1.71 bits per heavy atom. The van der Waals surface area contributed by atoms with Gasteiger partial charge in [0.25, 0.3) is 0 Å². The summed E-state index contributed by atoms with van der Waals surface area (Å²) in [7, 11) is 0. The smallest absolute Gasteiger partial charge is 0.233 e. The van der Waals surface area contributed by atoms with E-state index in [0.29, 0.717) is 17.5 Å². The second-order valence-corrected chi connectivity index (χ2v) is 8.22. The second-order valence-electron chi connectivity index (χ2n) is 8.22. The molecule has 0 fully saturated rings. The molecule has 0 aromatic heterocycles. The molecule has 4 heteroatoms. The van der Waals surface area contributed by atoms with Crippen molar-refractivity contribution in [2.24, 2.45) is 5.41 Å². The van der Waals surface area contributed by atoms with Crippen LogP contribution < -0.4 is 20.5 Å². The minimum absolute atomic E-state index is 0.177. The van der Waals surface area contributed by atoms with Gasteiger partial charge in [-0.1, -0.05) is 27.7 Å². The summed E-state index contributed by atoms with van der Waals surface area (Å²) in [5.74, 6) is 1.64. The molecular formula is C24H29NO3. The predicted octanol–water partition coefficient (Wildman–Crippen LogP) is 4.55. The normalized spacial score (nSPS) is 15.4. The van der Waals surface area contributed by atoms with Gasteiger partial charge in [-0.2, -0.15) is 0 Å². The lowest BCUT2D eigenvalue weighted by atomic mass is 9.87. The van der Waals surface area contributed by atoms with E-state index in [0.717, 1.165) is 41.4 Å². The van der Waals surface area contributed by atoms with E-state index < -0.39 is 0 Å². The van der Waals surface area contributed by atoms with Crippen LogP contribution >= 0.6 is 0 Å². The van der Waals surface area contributed by atoms with Gasteiger partial charge >= 0.3 is 0 Å². The molecule has 0 radical (unpaired) electrons. The number of hydrogen-bond acceptors (Lipinski definition) is 4. The van der Waals surface area contributed by atoms with Crippen LogP contribution in [0.1, 0.15) is 58.2 Å². The van der Waals surface area contributed by atoms with E-state index in [-0.39, 0.29) is 16.3 Å². The molecule has 148 valence electrons. The maximum atomic E-state index is 12.1. The number of fused-ring (bicyclic) bond motifs is 1. The molecule has 2 aromatic carbocycles. The Balaban J connectivity index is 2.16. The molecule has 0 saturated carbocycles. The molecule has 1 aliphatic heterocycles. The van der Waals surface area contributed by atoms with E-state index in [2.05, 4.69) is 51.7 Å². The quantitative estimate of drug-likeness (QED) is 0.715. The maximum absolute atomic E-state index is 12.1. The number of nitrogens with zero attached hydrogens (tertiary/aromatic N) is 1. The molecule has 0 saturated heterocycles. The summed E-state index contributed by atoms with van der Waals surface area (Å²) in [5.41, 5.74) is 3.22. The summed E-state index contributed by atoms with van der Waals surface area (Å²) in [4.78, 5) is 26.2. The standard InChI is InChI=1S/C24H29NO3/c1-7-17-19(23(27)22(17)26)12-15-13-21(24(4,5)6)28-20-14-16(10-11-18(15)20)25(8-2)9-3/h10-14H,7-9H2,1-6H3. The van der Waals surface area contributed by atoms with Crippen LogP contribution in [0.25, 0.3) is 11.6 Å². The van der Waals surface area contributed by atoms with Gasteiger partial charge in [0.15, 0.2) is 0 Å². The average molecular weight is 380 g/mol. The third-order valence-corrected chi connectivity index (χ3v) is 5.35. The molecular weight excluding hydrogens is 350 g/mol. The van der Waals surface area contributed by atoms with E-state index >= 15 is 0 Å². The minimum atomic E-state index is -0.386. The van der Waals surface area contributed by atoms with Gasteiger partial charge in [0.2, 0.25) is 10.9 Å². The summed E-state index contributed by atoms with van der Waals surface area (Å²) >= 11 is 0. The topological polar surface area (TPSA) is 46.6 Å². The third kappa shape index (κ3) is 3.44. The van der Waals surface area contributed by atoms with E-state index in [4.69, 9.17) is 4.74 Å². The van der Waals surface area contributed by atoms with Crippen molar-refractivity contribution in [2.45, 2.75) is 48.0 Å². The van der Waals surface area contributed by atoms with E-state index in [9.17, 15) is 9.59 Å². The van der Waals surface area contributed by atoms with Gasteiger partial charge < -0.3 is 9.64 Å². The van der Waals surface area contributed by atoms with Gasteiger partial charge in [0.05, 0.1) is 0 Å². The predicted molar refractivity (Wildman–Crippen MR) is 117 cm³/mol. The van der Waals surface area contributed by atoms with Crippen LogP contribution in [0.4, 0.5) is 5.69 Å². The molecule has 0 unspecified atom stereocenters. The monoisotopic (exact) mass is 379 g/mol. The lowest BCUT2D eigenvalue weighted by molar-refractivity contribution is 0.291. The van der Waals surface area contributed by atoms with Crippen LogP contribution in [0.5, 0.6) is 5.75 Å². The zero-order valence-electron chi connectivity index (χ0n) is 17.7. The molecule has 0 aliphatic carbocycles. The largest absolute Gasteiger partial charge is 0.460 e. The van der Waals surface area contributed by atoms with Crippen molar-refractivity contribution in [3.05, 3.63) is 67.2 Å². The first-order valence-corrected chi connectivity index (χ1v) is 10.0. The van der Waals surface area contributed by atoms with Gasteiger partial charge in [-0.25, -0.2) is 0 Å². The Hall–Kier alpha value is -2.62.